The van der Waals surface area contributed by atoms with Crippen LogP contribution >= 0.6 is 11.3 Å². The van der Waals surface area contributed by atoms with Gasteiger partial charge in [-0.05, 0) is 55.5 Å². The van der Waals surface area contributed by atoms with Crippen molar-refractivity contribution in [3.05, 3.63) is 82.5 Å². The zero-order valence-electron chi connectivity index (χ0n) is 22.2. The number of nitrogens with one attached hydrogen (secondary N) is 1. The number of thiazole rings is 1. The van der Waals surface area contributed by atoms with Crippen LogP contribution in [-0.4, -0.2) is 59.2 Å². The lowest BCUT2D eigenvalue weighted by atomic mass is 9.98. The van der Waals surface area contributed by atoms with E-state index < -0.39 is 16.1 Å². The van der Waals surface area contributed by atoms with Crippen LogP contribution in [0.4, 0.5) is 5.13 Å². The van der Waals surface area contributed by atoms with Crippen LogP contribution < -0.4 is 5.32 Å². The number of aromatic nitrogens is 2. The van der Waals surface area contributed by atoms with Crippen molar-refractivity contribution >= 4 is 44.6 Å². The van der Waals surface area contributed by atoms with Gasteiger partial charge in [0.1, 0.15) is 12.3 Å². The van der Waals surface area contributed by atoms with Gasteiger partial charge in [0.05, 0.1) is 17.5 Å². The second kappa shape index (κ2) is 10.8. The summed E-state index contributed by atoms with van der Waals surface area (Å²) in [5, 5.41) is 5.15. The van der Waals surface area contributed by atoms with Gasteiger partial charge >= 0.3 is 0 Å². The normalized spacial score (nSPS) is 15.3. The molecule has 2 aromatic carbocycles. The van der Waals surface area contributed by atoms with E-state index in [1.165, 1.54) is 28.5 Å². The van der Waals surface area contributed by atoms with Crippen molar-refractivity contribution in [2.24, 2.45) is 0 Å². The number of aryl methyl sites for hydroxylation is 2. The van der Waals surface area contributed by atoms with Gasteiger partial charge in [0, 0.05) is 34.9 Å². The largest absolute Gasteiger partial charge is 0.327 e. The van der Waals surface area contributed by atoms with E-state index >= 15 is 0 Å². The smallest absolute Gasteiger partial charge is 0.256 e. The highest BCUT2D eigenvalue weighted by molar-refractivity contribution is 7.89. The third-order valence-corrected chi connectivity index (χ3v) is 8.88. The number of hydrogen-bond acceptors (Lipinski definition) is 7. The summed E-state index contributed by atoms with van der Waals surface area (Å²) < 4.78 is 25.0. The lowest BCUT2D eigenvalue weighted by molar-refractivity contribution is -0.119. The van der Waals surface area contributed by atoms with E-state index in [-0.39, 0.29) is 17.4 Å². The van der Waals surface area contributed by atoms with Gasteiger partial charge in [-0.3, -0.25) is 14.4 Å². The maximum absolute atomic E-state index is 13.2. The molecule has 1 atom stereocenters. The second-order valence-electron chi connectivity index (χ2n) is 9.88. The van der Waals surface area contributed by atoms with Gasteiger partial charge in [0.25, 0.3) is 5.91 Å². The highest BCUT2D eigenvalue weighted by Crippen LogP contribution is 2.30. The summed E-state index contributed by atoms with van der Waals surface area (Å²) in [5.41, 5.74) is 5.78. The predicted molar refractivity (Wildman–Crippen MR) is 155 cm³/mol. The van der Waals surface area contributed by atoms with E-state index in [0.29, 0.717) is 41.5 Å². The Bertz CT molecular complexity index is 1740. The summed E-state index contributed by atoms with van der Waals surface area (Å²) >= 11 is 1.30. The predicted octanol–water partition coefficient (Wildman–Crippen LogP) is 4.76. The minimum absolute atomic E-state index is 0.232. The van der Waals surface area contributed by atoms with Crippen LogP contribution in [0.2, 0.25) is 0 Å². The molecule has 5 rings (SSSR count). The number of anilines is 1. The molecule has 0 aliphatic carbocycles. The quantitative estimate of drug-likeness (QED) is 0.317. The summed E-state index contributed by atoms with van der Waals surface area (Å²) in [6, 6.07) is 14.4. The SMILES string of the molecule is Cc1cc(-c2cccc(-c3csc(NC(=O)[C@@H]4CCCN4C(=O)c4cc(C)n(S(C)(=O)=O)c4)n3)c2)ccc1C=O. The number of carbonyl (C=O) groups is 3. The summed E-state index contributed by atoms with van der Waals surface area (Å²) in [7, 11) is -3.54. The van der Waals surface area contributed by atoms with Crippen LogP contribution in [0.5, 0.6) is 0 Å². The molecule has 0 unspecified atom stereocenters. The Kier molecular flexibility index (Phi) is 7.43. The molecule has 0 radical (unpaired) electrons. The molecule has 1 aliphatic heterocycles. The molecule has 1 aliphatic rings. The van der Waals surface area contributed by atoms with Gasteiger partial charge in [-0.2, -0.15) is 0 Å². The Hall–Kier alpha value is -4.09. The molecule has 2 aromatic heterocycles. The monoisotopic (exact) mass is 576 g/mol. The van der Waals surface area contributed by atoms with Crippen molar-refractivity contribution in [1.29, 1.82) is 0 Å². The van der Waals surface area contributed by atoms with Crippen molar-refractivity contribution in [1.82, 2.24) is 13.9 Å². The van der Waals surface area contributed by atoms with Crippen LogP contribution in [0, 0.1) is 13.8 Å². The Balaban J connectivity index is 1.31. The van der Waals surface area contributed by atoms with E-state index in [1.807, 2.05) is 48.7 Å². The number of nitrogens with zero attached hydrogens (tertiary/aromatic N) is 3. The van der Waals surface area contributed by atoms with Gasteiger partial charge in [0.2, 0.25) is 15.9 Å². The van der Waals surface area contributed by atoms with Crippen molar-refractivity contribution in [2.75, 3.05) is 18.1 Å². The Morgan fingerprint density at radius 1 is 1.07 bits per heavy atom. The van der Waals surface area contributed by atoms with Crippen molar-refractivity contribution < 1.29 is 22.8 Å². The molecule has 1 fully saturated rings. The van der Waals surface area contributed by atoms with Crippen LogP contribution in [0.3, 0.4) is 0 Å². The van der Waals surface area contributed by atoms with E-state index in [0.717, 1.165) is 38.8 Å². The minimum atomic E-state index is -3.54. The Morgan fingerprint density at radius 3 is 2.52 bits per heavy atom. The standard InChI is InChI=1S/C29H28N4O5S2/c1-18-12-21(9-10-23(18)16-34)20-6-4-7-22(14-20)25-17-39-29(30-25)31-27(35)26-8-5-11-32(26)28(36)24-13-19(2)33(15-24)40(3,37)38/h4,6-7,9-10,12-17,26H,5,8,11H2,1-3H3,(H,30,31,35)/t26-/m0/s1. The molecule has 9 nitrogen and oxygen atoms in total. The molecular formula is C29H28N4O5S2. The first-order valence-corrected chi connectivity index (χ1v) is 15.4. The fourth-order valence-corrected chi connectivity index (χ4v) is 6.58. The zero-order valence-corrected chi connectivity index (χ0v) is 23.9. The number of carbonyl (C=O) groups excluding carboxylic acids is 3. The molecule has 3 heterocycles. The molecular weight excluding hydrogens is 548 g/mol. The fraction of sp³-hybridized carbons (Fsp3) is 0.241. The molecule has 1 saturated heterocycles. The van der Waals surface area contributed by atoms with Crippen molar-refractivity contribution in [3.63, 3.8) is 0 Å². The first kappa shape index (κ1) is 27.5. The Labute approximate surface area is 236 Å². The van der Waals surface area contributed by atoms with Gasteiger partial charge < -0.3 is 10.2 Å². The third kappa shape index (κ3) is 5.47. The summed E-state index contributed by atoms with van der Waals surface area (Å²) in [6.45, 7) is 3.92. The van der Waals surface area contributed by atoms with Crippen molar-refractivity contribution in [3.8, 4) is 22.4 Å². The molecule has 2 amide bonds. The highest BCUT2D eigenvalue weighted by atomic mass is 32.2. The summed E-state index contributed by atoms with van der Waals surface area (Å²) in [6.07, 6.45) is 4.40. The molecule has 11 heteroatoms. The maximum Gasteiger partial charge on any atom is 0.256 e. The Morgan fingerprint density at radius 2 is 1.82 bits per heavy atom. The number of benzene rings is 2. The lowest BCUT2D eigenvalue weighted by Crippen LogP contribution is -2.43. The number of aldehydes is 1. The first-order valence-electron chi connectivity index (χ1n) is 12.7. The van der Waals surface area contributed by atoms with Gasteiger partial charge in [0.15, 0.2) is 5.13 Å². The number of likely N-dealkylation sites (tertiary alicyclic amines) is 1. The van der Waals surface area contributed by atoms with E-state index in [2.05, 4.69) is 10.3 Å². The molecule has 1 N–H and O–H groups in total. The first-order chi connectivity index (χ1) is 19.0. The summed E-state index contributed by atoms with van der Waals surface area (Å²) in [5.74, 6) is -0.707. The van der Waals surface area contributed by atoms with Gasteiger partial charge in [-0.25, -0.2) is 17.4 Å². The van der Waals surface area contributed by atoms with Crippen LogP contribution in [0.1, 0.15) is 44.8 Å². The molecule has 40 heavy (non-hydrogen) atoms. The second-order valence-corrected chi connectivity index (χ2v) is 12.6. The van der Waals surface area contributed by atoms with Crippen molar-refractivity contribution in [2.45, 2.75) is 32.7 Å². The highest BCUT2D eigenvalue weighted by Gasteiger charge is 2.35. The van der Waals surface area contributed by atoms with Crippen LogP contribution in [0.15, 0.2) is 60.1 Å². The van der Waals surface area contributed by atoms with E-state index in [4.69, 9.17) is 0 Å². The topological polar surface area (TPSA) is 118 Å². The average Bonchev–Trinajstić information content (AvgIpc) is 3.68. The third-order valence-electron chi connectivity index (χ3n) is 7.01. The zero-order chi connectivity index (χ0) is 28.6. The van der Waals surface area contributed by atoms with Gasteiger partial charge in [-0.1, -0.05) is 36.4 Å². The maximum atomic E-state index is 13.2. The van der Waals surface area contributed by atoms with Crippen LogP contribution in [-0.2, 0) is 14.8 Å². The molecule has 0 saturated carbocycles. The number of hydrogen-bond donors (Lipinski definition) is 1. The molecule has 0 bridgehead atoms. The number of rotatable bonds is 7. The van der Waals surface area contributed by atoms with E-state index in [1.54, 1.807) is 13.0 Å². The summed E-state index contributed by atoms with van der Waals surface area (Å²) in [4.78, 5) is 43.7. The molecule has 206 valence electrons. The van der Waals surface area contributed by atoms with Crippen LogP contribution in [0.25, 0.3) is 22.4 Å². The fourth-order valence-electron chi connectivity index (χ4n) is 4.97. The average molecular weight is 577 g/mol. The van der Waals surface area contributed by atoms with E-state index in [9.17, 15) is 22.8 Å². The molecule has 4 aromatic rings. The number of amides is 2. The van der Waals surface area contributed by atoms with Gasteiger partial charge in [-0.15, -0.1) is 11.3 Å². The molecule has 0 spiro atoms. The lowest BCUT2D eigenvalue weighted by Gasteiger charge is -2.23. The minimum Gasteiger partial charge on any atom is -0.327 e.